The lowest BCUT2D eigenvalue weighted by atomic mass is 9.67. The maximum absolute atomic E-state index is 6.33. The highest BCUT2D eigenvalue weighted by atomic mass is 32.1. The molecule has 0 aromatic carbocycles. The smallest absolute Gasteiger partial charge is 0.0835 e. The van der Waals surface area contributed by atoms with Crippen LogP contribution in [0.5, 0.6) is 0 Å². The van der Waals surface area contributed by atoms with Crippen LogP contribution in [-0.4, -0.2) is 25.3 Å². The van der Waals surface area contributed by atoms with Gasteiger partial charge in [-0.1, -0.05) is 19.9 Å². The van der Waals surface area contributed by atoms with Crippen LogP contribution in [0.2, 0.25) is 0 Å². The van der Waals surface area contributed by atoms with Crippen molar-refractivity contribution in [3.63, 3.8) is 0 Å². The molecule has 0 spiro atoms. The number of hydrogen-bond donors (Lipinski definition) is 1. The zero-order valence-corrected chi connectivity index (χ0v) is 14.9. The Labute approximate surface area is 134 Å². The van der Waals surface area contributed by atoms with Crippen LogP contribution in [0.3, 0.4) is 0 Å². The van der Waals surface area contributed by atoms with Gasteiger partial charge < -0.3 is 10.1 Å². The standard InChI is InChI=1S/C18H31NOS/c1-5-20-18(12-10-17(2,3)11-13-18)16(19-4)9-8-15-7-6-14-21-15/h6-7,14,16,19H,5,8-13H2,1-4H3. The van der Waals surface area contributed by atoms with Gasteiger partial charge in [0, 0.05) is 17.5 Å². The van der Waals surface area contributed by atoms with Crippen molar-refractivity contribution in [1.29, 1.82) is 0 Å². The Morgan fingerprint density at radius 3 is 2.52 bits per heavy atom. The lowest BCUT2D eigenvalue weighted by Gasteiger charge is -2.47. The normalized spacial score (nSPS) is 22.1. The summed E-state index contributed by atoms with van der Waals surface area (Å²) in [6.07, 6.45) is 7.22. The second kappa shape index (κ2) is 7.26. The van der Waals surface area contributed by atoms with Crippen molar-refractivity contribution in [3.8, 4) is 0 Å². The van der Waals surface area contributed by atoms with E-state index in [0.29, 0.717) is 11.5 Å². The number of nitrogens with one attached hydrogen (secondary N) is 1. The van der Waals surface area contributed by atoms with Gasteiger partial charge in [-0.25, -0.2) is 0 Å². The van der Waals surface area contributed by atoms with Gasteiger partial charge in [-0.2, -0.15) is 0 Å². The molecule has 0 bridgehead atoms. The number of hydrogen-bond acceptors (Lipinski definition) is 3. The monoisotopic (exact) mass is 309 g/mol. The summed E-state index contributed by atoms with van der Waals surface area (Å²) in [5.74, 6) is 0. The zero-order valence-electron chi connectivity index (χ0n) is 14.1. The molecule has 0 radical (unpaired) electrons. The molecule has 1 heterocycles. The first-order valence-corrected chi connectivity index (χ1v) is 9.23. The summed E-state index contributed by atoms with van der Waals surface area (Å²) in [6, 6.07) is 4.85. The van der Waals surface area contributed by atoms with E-state index in [0.717, 1.165) is 19.4 Å². The second-order valence-electron chi connectivity index (χ2n) is 7.12. The van der Waals surface area contributed by atoms with E-state index < -0.39 is 0 Å². The van der Waals surface area contributed by atoms with Crippen LogP contribution in [0, 0.1) is 5.41 Å². The molecule has 1 aliphatic carbocycles. The van der Waals surface area contributed by atoms with Crippen molar-refractivity contribution in [2.75, 3.05) is 13.7 Å². The van der Waals surface area contributed by atoms with E-state index in [1.807, 2.05) is 11.3 Å². The molecule has 2 rings (SSSR count). The van der Waals surface area contributed by atoms with Gasteiger partial charge in [0.2, 0.25) is 0 Å². The minimum Gasteiger partial charge on any atom is -0.374 e. The molecule has 1 N–H and O–H groups in total. The lowest BCUT2D eigenvalue weighted by Crippen LogP contribution is -2.54. The van der Waals surface area contributed by atoms with Crippen molar-refractivity contribution in [1.82, 2.24) is 5.32 Å². The van der Waals surface area contributed by atoms with Crippen LogP contribution in [0.1, 0.15) is 57.8 Å². The third-order valence-corrected chi connectivity index (χ3v) is 6.06. The highest BCUT2D eigenvalue weighted by Gasteiger charge is 2.43. The Kier molecular flexibility index (Phi) is 5.87. The van der Waals surface area contributed by atoms with Crippen molar-refractivity contribution >= 4 is 11.3 Å². The van der Waals surface area contributed by atoms with Crippen LogP contribution in [0.25, 0.3) is 0 Å². The molecule has 0 amide bonds. The molecule has 2 nitrogen and oxygen atoms in total. The third kappa shape index (κ3) is 4.30. The number of rotatable bonds is 7. The van der Waals surface area contributed by atoms with Crippen LogP contribution >= 0.6 is 11.3 Å². The Bertz CT molecular complexity index is 403. The zero-order chi connectivity index (χ0) is 15.3. The summed E-state index contributed by atoms with van der Waals surface area (Å²) in [4.78, 5) is 1.48. The number of likely N-dealkylation sites (N-methyl/N-ethyl adjacent to an activating group) is 1. The SMILES string of the molecule is CCOC1(C(CCc2cccs2)NC)CCC(C)(C)CC1. The van der Waals surface area contributed by atoms with Gasteiger partial charge in [-0.15, -0.1) is 11.3 Å². The second-order valence-corrected chi connectivity index (χ2v) is 8.15. The van der Waals surface area contributed by atoms with Gasteiger partial charge >= 0.3 is 0 Å². The average molecular weight is 310 g/mol. The lowest BCUT2D eigenvalue weighted by molar-refractivity contribution is -0.106. The summed E-state index contributed by atoms with van der Waals surface area (Å²) in [5.41, 5.74) is 0.517. The summed E-state index contributed by atoms with van der Waals surface area (Å²) in [7, 11) is 2.10. The fraction of sp³-hybridized carbons (Fsp3) is 0.778. The third-order valence-electron chi connectivity index (χ3n) is 5.12. The summed E-state index contributed by atoms with van der Waals surface area (Å²) in [6.45, 7) is 7.73. The van der Waals surface area contributed by atoms with Gasteiger partial charge in [0.15, 0.2) is 0 Å². The molecule has 120 valence electrons. The highest BCUT2D eigenvalue weighted by molar-refractivity contribution is 7.09. The maximum atomic E-state index is 6.33. The average Bonchev–Trinajstić information content (AvgIpc) is 2.96. The number of ether oxygens (including phenoxy) is 1. The van der Waals surface area contributed by atoms with Crippen molar-refractivity contribution in [2.45, 2.75) is 70.9 Å². The molecule has 3 heteroatoms. The summed E-state index contributed by atoms with van der Waals surface area (Å²) >= 11 is 1.87. The first-order chi connectivity index (χ1) is 10.0. The molecule has 0 aliphatic heterocycles. The number of aryl methyl sites for hydroxylation is 1. The van der Waals surface area contributed by atoms with Crippen molar-refractivity contribution in [3.05, 3.63) is 22.4 Å². The van der Waals surface area contributed by atoms with E-state index in [9.17, 15) is 0 Å². The van der Waals surface area contributed by atoms with Gasteiger partial charge in [0.1, 0.15) is 0 Å². The minimum absolute atomic E-state index is 0.0380. The van der Waals surface area contributed by atoms with Crippen LogP contribution < -0.4 is 5.32 Å². The first kappa shape index (κ1) is 17.0. The quantitative estimate of drug-likeness (QED) is 0.792. The van der Waals surface area contributed by atoms with Crippen LogP contribution in [-0.2, 0) is 11.2 Å². The van der Waals surface area contributed by atoms with Gasteiger partial charge in [0.25, 0.3) is 0 Å². The topological polar surface area (TPSA) is 21.3 Å². The van der Waals surface area contributed by atoms with E-state index in [1.54, 1.807) is 0 Å². The van der Waals surface area contributed by atoms with Gasteiger partial charge in [-0.05, 0) is 69.4 Å². The molecule has 1 saturated carbocycles. The van der Waals surface area contributed by atoms with E-state index in [-0.39, 0.29) is 5.60 Å². The Morgan fingerprint density at radius 2 is 2.00 bits per heavy atom. The first-order valence-electron chi connectivity index (χ1n) is 8.35. The predicted molar refractivity (Wildman–Crippen MR) is 92.1 cm³/mol. The summed E-state index contributed by atoms with van der Waals surface area (Å²) < 4.78 is 6.33. The van der Waals surface area contributed by atoms with Crippen molar-refractivity contribution < 1.29 is 4.74 Å². The molecule has 1 unspecified atom stereocenters. The maximum Gasteiger partial charge on any atom is 0.0835 e. The van der Waals surface area contributed by atoms with Gasteiger partial charge in [-0.3, -0.25) is 0 Å². The molecule has 1 atom stereocenters. The van der Waals surface area contributed by atoms with E-state index in [4.69, 9.17) is 4.74 Å². The Morgan fingerprint density at radius 1 is 1.29 bits per heavy atom. The largest absolute Gasteiger partial charge is 0.374 e. The predicted octanol–water partition coefficient (Wildman–Crippen LogP) is 4.64. The van der Waals surface area contributed by atoms with E-state index in [1.165, 1.54) is 30.6 Å². The van der Waals surface area contributed by atoms with Gasteiger partial charge in [0.05, 0.1) is 5.60 Å². The Hall–Kier alpha value is -0.380. The van der Waals surface area contributed by atoms with Crippen molar-refractivity contribution in [2.24, 2.45) is 5.41 Å². The fourth-order valence-corrected chi connectivity index (χ4v) is 4.37. The highest BCUT2D eigenvalue weighted by Crippen LogP contribution is 2.44. The van der Waals surface area contributed by atoms with Crippen LogP contribution in [0.15, 0.2) is 17.5 Å². The molecule has 21 heavy (non-hydrogen) atoms. The van der Waals surface area contributed by atoms with Crippen LogP contribution in [0.4, 0.5) is 0 Å². The van der Waals surface area contributed by atoms with E-state index >= 15 is 0 Å². The number of thiophene rings is 1. The molecule has 0 saturated heterocycles. The minimum atomic E-state index is 0.0380. The molecule has 1 aromatic heterocycles. The fourth-order valence-electron chi connectivity index (χ4n) is 3.64. The molecule has 1 aromatic rings. The van der Waals surface area contributed by atoms with E-state index in [2.05, 4.69) is 50.6 Å². The molecular formula is C18H31NOS. The molecule has 1 fully saturated rings. The summed E-state index contributed by atoms with van der Waals surface area (Å²) in [5, 5.41) is 5.74. The molecular weight excluding hydrogens is 278 g/mol. The Balaban J connectivity index is 2.03. The molecule has 1 aliphatic rings.